The summed E-state index contributed by atoms with van der Waals surface area (Å²) >= 11 is 0. The van der Waals surface area contributed by atoms with Crippen molar-refractivity contribution in [2.45, 2.75) is 76.4 Å². The summed E-state index contributed by atoms with van der Waals surface area (Å²) in [6, 6.07) is 13.5. The lowest BCUT2D eigenvalue weighted by Crippen LogP contribution is -2.51. The van der Waals surface area contributed by atoms with Gasteiger partial charge in [-0.1, -0.05) is 25.7 Å². The summed E-state index contributed by atoms with van der Waals surface area (Å²) in [7, 11) is 1.77. The van der Waals surface area contributed by atoms with Gasteiger partial charge < -0.3 is 19.5 Å². The van der Waals surface area contributed by atoms with E-state index in [4.69, 9.17) is 14.6 Å². The molecule has 10 heteroatoms. The third-order valence-corrected chi connectivity index (χ3v) is 8.75. The van der Waals surface area contributed by atoms with Gasteiger partial charge in [-0.2, -0.15) is 0 Å². The maximum Gasteiger partial charge on any atom is 0.335 e. The van der Waals surface area contributed by atoms with Crippen molar-refractivity contribution in [3.8, 4) is 0 Å². The van der Waals surface area contributed by atoms with Gasteiger partial charge in [0.1, 0.15) is 0 Å². The SMILES string of the molecule is COCCCCCCCCOC1CCC(N2CCN(c3ccc(C(=O)NNC(=O)c4ccc(C(=O)O)cc4)cc3)CC2)CC1. The van der Waals surface area contributed by atoms with Gasteiger partial charge in [0.05, 0.1) is 11.7 Å². The highest BCUT2D eigenvalue weighted by molar-refractivity contribution is 5.99. The Morgan fingerprint density at radius 1 is 0.705 bits per heavy atom. The van der Waals surface area contributed by atoms with Gasteiger partial charge >= 0.3 is 5.97 Å². The normalized spacial score (nSPS) is 19.0. The van der Waals surface area contributed by atoms with Crippen LogP contribution in [0.3, 0.4) is 0 Å². The Bertz CT molecular complexity index is 1170. The zero-order valence-electron chi connectivity index (χ0n) is 26.0. The molecule has 1 saturated carbocycles. The van der Waals surface area contributed by atoms with Gasteiger partial charge in [0.2, 0.25) is 0 Å². The van der Waals surface area contributed by atoms with E-state index in [0.29, 0.717) is 17.7 Å². The number of hydrogen-bond donors (Lipinski definition) is 3. The number of unbranched alkanes of at least 4 members (excludes halogenated alkanes) is 5. The average Bonchev–Trinajstić information content (AvgIpc) is 3.07. The Balaban J connectivity index is 1.10. The van der Waals surface area contributed by atoms with E-state index in [-0.39, 0.29) is 11.1 Å². The summed E-state index contributed by atoms with van der Waals surface area (Å²) in [5.41, 5.74) is 6.64. The van der Waals surface area contributed by atoms with Crippen molar-refractivity contribution >= 4 is 23.5 Å². The predicted molar refractivity (Wildman–Crippen MR) is 170 cm³/mol. The monoisotopic (exact) mass is 608 g/mol. The number of carboxylic acid groups (broad SMARTS) is 1. The number of methoxy groups -OCH3 is 1. The van der Waals surface area contributed by atoms with Crippen molar-refractivity contribution < 1.29 is 29.0 Å². The van der Waals surface area contributed by atoms with Gasteiger partial charge in [-0.05, 0) is 87.1 Å². The number of hydrazine groups is 1. The van der Waals surface area contributed by atoms with Gasteiger partial charge in [-0.25, -0.2) is 4.79 Å². The van der Waals surface area contributed by atoms with E-state index in [0.717, 1.165) is 57.9 Å². The van der Waals surface area contributed by atoms with Crippen LogP contribution in [0.1, 0.15) is 95.3 Å². The highest BCUT2D eigenvalue weighted by Crippen LogP contribution is 2.27. The molecule has 0 atom stereocenters. The number of carbonyl (C=O) groups is 3. The molecule has 0 radical (unpaired) electrons. The maximum absolute atomic E-state index is 12.6. The van der Waals surface area contributed by atoms with Crippen LogP contribution >= 0.6 is 0 Å². The fourth-order valence-electron chi connectivity index (χ4n) is 6.07. The van der Waals surface area contributed by atoms with Crippen LogP contribution in [-0.4, -0.2) is 86.4 Å². The summed E-state index contributed by atoms with van der Waals surface area (Å²) < 4.78 is 11.3. The quantitative estimate of drug-likeness (QED) is 0.193. The fourth-order valence-corrected chi connectivity index (χ4v) is 6.07. The lowest BCUT2D eigenvalue weighted by atomic mass is 9.91. The molecular weight excluding hydrogens is 560 g/mol. The molecule has 240 valence electrons. The number of hydrogen-bond acceptors (Lipinski definition) is 7. The van der Waals surface area contributed by atoms with Crippen LogP contribution < -0.4 is 15.8 Å². The molecular formula is C34H48N4O6. The lowest BCUT2D eigenvalue weighted by molar-refractivity contribution is 0.00475. The largest absolute Gasteiger partial charge is 0.478 e. The minimum Gasteiger partial charge on any atom is -0.478 e. The molecule has 1 aliphatic carbocycles. The molecule has 1 heterocycles. The molecule has 2 fully saturated rings. The number of piperazine rings is 1. The van der Waals surface area contributed by atoms with Gasteiger partial charge in [0.25, 0.3) is 11.8 Å². The standard InChI is InChI=1S/C34H48N4O6/c1-43-24-6-4-2-3-5-7-25-44-31-18-16-30(17-19-31)38-22-20-37(21-23-38)29-14-12-27(13-15-29)33(40)36-35-32(39)26-8-10-28(11-9-26)34(41)42/h8-15,30-31H,2-7,16-25H2,1H3,(H,35,39)(H,36,40)(H,41,42). The highest BCUT2D eigenvalue weighted by atomic mass is 16.5. The first-order valence-electron chi connectivity index (χ1n) is 16.1. The number of benzene rings is 2. The van der Waals surface area contributed by atoms with Crippen molar-refractivity contribution in [3.05, 3.63) is 65.2 Å². The van der Waals surface area contributed by atoms with E-state index in [1.165, 1.54) is 75.6 Å². The summed E-state index contributed by atoms with van der Waals surface area (Å²) in [6.07, 6.45) is 12.6. The van der Waals surface area contributed by atoms with Crippen molar-refractivity contribution in [2.75, 3.05) is 51.4 Å². The first kappa shape index (κ1) is 33.4. The molecule has 1 aliphatic heterocycles. The molecule has 2 aliphatic rings. The Morgan fingerprint density at radius 3 is 1.75 bits per heavy atom. The van der Waals surface area contributed by atoms with Crippen LogP contribution in [0.25, 0.3) is 0 Å². The average molecular weight is 609 g/mol. The molecule has 3 N–H and O–H groups in total. The molecule has 0 aromatic heterocycles. The number of carboxylic acids is 1. The van der Waals surface area contributed by atoms with E-state index in [9.17, 15) is 14.4 Å². The van der Waals surface area contributed by atoms with E-state index in [2.05, 4.69) is 20.7 Å². The van der Waals surface area contributed by atoms with E-state index >= 15 is 0 Å². The topological polar surface area (TPSA) is 120 Å². The summed E-state index contributed by atoms with van der Waals surface area (Å²) in [4.78, 5) is 40.8. The highest BCUT2D eigenvalue weighted by Gasteiger charge is 2.28. The first-order valence-corrected chi connectivity index (χ1v) is 16.1. The minimum atomic E-state index is -1.07. The molecule has 2 amide bonds. The molecule has 0 bridgehead atoms. The van der Waals surface area contributed by atoms with Gasteiger partial charge in [-0.3, -0.25) is 25.3 Å². The van der Waals surface area contributed by atoms with Crippen molar-refractivity contribution in [3.63, 3.8) is 0 Å². The van der Waals surface area contributed by atoms with Gasteiger partial charge in [0, 0.05) is 69.4 Å². The van der Waals surface area contributed by atoms with Gasteiger partial charge in [-0.15, -0.1) is 0 Å². The molecule has 2 aromatic rings. The van der Waals surface area contributed by atoms with Crippen molar-refractivity contribution in [1.29, 1.82) is 0 Å². The second-order valence-corrected chi connectivity index (χ2v) is 11.8. The second-order valence-electron chi connectivity index (χ2n) is 11.8. The minimum absolute atomic E-state index is 0.0849. The third kappa shape index (κ3) is 10.3. The molecule has 10 nitrogen and oxygen atoms in total. The third-order valence-electron chi connectivity index (χ3n) is 8.75. The Labute approximate surface area is 261 Å². The summed E-state index contributed by atoms with van der Waals surface area (Å²) in [6.45, 7) is 5.73. The first-order chi connectivity index (χ1) is 21.4. The number of nitrogens with one attached hydrogen (secondary N) is 2. The Morgan fingerprint density at radius 2 is 1.20 bits per heavy atom. The smallest absolute Gasteiger partial charge is 0.335 e. The fraction of sp³-hybridized carbons (Fsp3) is 0.559. The van der Waals surface area contributed by atoms with Crippen LogP contribution in [0.2, 0.25) is 0 Å². The number of aromatic carboxylic acids is 1. The van der Waals surface area contributed by atoms with E-state index in [1.807, 2.05) is 12.1 Å². The molecule has 4 rings (SSSR count). The number of nitrogens with zero attached hydrogens (tertiary/aromatic N) is 2. The molecule has 0 unspecified atom stereocenters. The summed E-state index contributed by atoms with van der Waals surface area (Å²) in [5.74, 6) is -2.02. The number of ether oxygens (including phenoxy) is 2. The number of carbonyl (C=O) groups excluding carboxylic acids is 2. The van der Waals surface area contributed by atoms with Crippen LogP contribution in [0, 0.1) is 0 Å². The predicted octanol–water partition coefficient (Wildman–Crippen LogP) is 4.90. The number of anilines is 1. The summed E-state index contributed by atoms with van der Waals surface area (Å²) in [5, 5.41) is 8.98. The lowest BCUT2D eigenvalue weighted by Gasteiger charge is -2.42. The van der Waals surface area contributed by atoms with Crippen molar-refractivity contribution in [1.82, 2.24) is 15.8 Å². The van der Waals surface area contributed by atoms with Crippen LogP contribution in [0.4, 0.5) is 5.69 Å². The Kier molecular flexibility index (Phi) is 13.5. The Hall–Kier alpha value is -3.47. The second kappa shape index (κ2) is 17.7. The van der Waals surface area contributed by atoms with Crippen LogP contribution in [0.5, 0.6) is 0 Å². The van der Waals surface area contributed by atoms with Crippen molar-refractivity contribution in [2.24, 2.45) is 0 Å². The molecule has 2 aromatic carbocycles. The molecule has 1 saturated heterocycles. The van der Waals surface area contributed by atoms with Gasteiger partial charge in [0.15, 0.2) is 0 Å². The maximum atomic E-state index is 12.6. The number of amides is 2. The van der Waals surface area contributed by atoms with Crippen LogP contribution in [0.15, 0.2) is 48.5 Å². The number of rotatable bonds is 15. The zero-order chi connectivity index (χ0) is 31.1. The molecule has 0 spiro atoms. The van der Waals surface area contributed by atoms with E-state index in [1.54, 1.807) is 19.2 Å². The molecule has 44 heavy (non-hydrogen) atoms. The van der Waals surface area contributed by atoms with E-state index < -0.39 is 17.8 Å². The zero-order valence-corrected chi connectivity index (χ0v) is 26.0. The van der Waals surface area contributed by atoms with Crippen LogP contribution in [-0.2, 0) is 9.47 Å².